The van der Waals surface area contributed by atoms with E-state index in [1.807, 2.05) is 0 Å². The number of rotatable bonds is 2. The van der Waals surface area contributed by atoms with E-state index in [1.54, 1.807) is 13.0 Å². The van der Waals surface area contributed by atoms with Gasteiger partial charge in [0.25, 0.3) is 0 Å². The molecule has 3 heteroatoms. The van der Waals surface area contributed by atoms with E-state index < -0.39 is 11.3 Å². The predicted octanol–water partition coefficient (Wildman–Crippen LogP) is 0.655. The number of amides is 1. The van der Waals surface area contributed by atoms with E-state index in [-0.39, 0.29) is 0 Å². The number of halogens is 1. The van der Waals surface area contributed by atoms with Gasteiger partial charge in [-0.15, -0.1) is 11.6 Å². The van der Waals surface area contributed by atoms with E-state index in [0.29, 0.717) is 0 Å². The summed E-state index contributed by atoms with van der Waals surface area (Å²) in [6, 6.07) is 0. The highest BCUT2D eigenvalue weighted by Gasteiger charge is 2.03. The van der Waals surface area contributed by atoms with Gasteiger partial charge in [0.2, 0.25) is 5.91 Å². The highest BCUT2D eigenvalue weighted by atomic mass is 35.5. The molecule has 0 aliphatic heterocycles. The summed E-state index contributed by atoms with van der Waals surface area (Å²) >= 11 is 5.35. The minimum absolute atomic E-state index is 0.509. The summed E-state index contributed by atoms with van der Waals surface area (Å²) < 4.78 is 0. The lowest BCUT2D eigenvalue weighted by Crippen LogP contribution is -2.21. The van der Waals surface area contributed by atoms with Crippen molar-refractivity contribution in [3.63, 3.8) is 0 Å². The molecule has 2 nitrogen and oxygen atoms in total. The van der Waals surface area contributed by atoms with Crippen LogP contribution in [-0.2, 0) is 4.79 Å². The maximum absolute atomic E-state index is 10.1. The standard InChI is InChI=1S/C5H8ClNO/c1-2-3-4(6)5(7)8/h2-4H,1H3,(H2,7,8). The third-order valence-electron chi connectivity index (χ3n) is 0.633. The van der Waals surface area contributed by atoms with Gasteiger partial charge in [-0.2, -0.15) is 0 Å². The Morgan fingerprint density at radius 1 is 1.88 bits per heavy atom. The molecule has 0 bridgehead atoms. The maximum atomic E-state index is 10.1. The highest BCUT2D eigenvalue weighted by Crippen LogP contribution is 1.94. The van der Waals surface area contributed by atoms with Crippen molar-refractivity contribution in [1.29, 1.82) is 0 Å². The molecule has 0 heterocycles. The molecular weight excluding hydrogens is 126 g/mol. The van der Waals surface area contributed by atoms with Crippen molar-refractivity contribution in [2.24, 2.45) is 5.73 Å². The van der Waals surface area contributed by atoms with E-state index in [4.69, 9.17) is 17.3 Å². The van der Waals surface area contributed by atoms with Crippen molar-refractivity contribution in [2.75, 3.05) is 0 Å². The van der Waals surface area contributed by atoms with Crippen molar-refractivity contribution >= 4 is 17.5 Å². The zero-order chi connectivity index (χ0) is 6.57. The van der Waals surface area contributed by atoms with Crippen molar-refractivity contribution in [2.45, 2.75) is 12.3 Å². The van der Waals surface area contributed by atoms with Crippen LogP contribution >= 0.6 is 11.6 Å². The van der Waals surface area contributed by atoms with Gasteiger partial charge >= 0.3 is 0 Å². The second-order valence-electron chi connectivity index (χ2n) is 1.33. The Bertz CT molecular complexity index is 111. The molecule has 0 aromatic carbocycles. The summed E-state index contributed by atoms with van der Waals surface area (Å²) in [5.41, 5.74) is 4.80. The van der Waals surface area contributed by atoms with Crippen LogP contribution in [0, 0.1) is 0 Å². The number of primary amides is 1. The normalized spacial score (nSPS) is 14.2. The summed E-state index contributed by atoms with van der Waals surface area (Å²) in [6.45, 7) is 1.78. The Balaban J connectivity index is 3.64. The van der Waals surface area contributed by atoms with E-state index in [0.717, 1.165) is 0 Å². The molecule has 8 heavy (non-hydrogen) atoms. The molecule has 1 atom stereocenters. The summed E-state index contributed by atoms with van der Waals surface area (Å²) in [6.07, 6.45) is 3.21. The molecule has 0 aliphatic carbocycles. The van der Waals surface area contributed by atoms with Crippen LogP contribution in [0.25, 0.3) is 0 Å². The van der Waals surface area contributed by atoms with Crippen molar-refractivity contribution in [3.05, 3.63) is 12.2 Å². The average Bonchev–Trinajstić information content (AvgIpc) is 1.67. The van der Waals surface area contributed by atoms with Crippen LogP contribution in [0.15, 0.2) is 12.2 Å². The van der Waals surface area contributed by atoms with Crippen LogP contribution in [0.5, 0.6) is 0 Å². The lowest BCUT2D eigenvalue weighted by molar-refractivity contribution is -0.116. The first-order chi connectivity index (χ1) is 3.68. The topological polar surface area (TPSA) is 43.1 Å². The Kier molecular flexibility index (Phi) is 3.28. The van der Waals surface area contributed by atoms with Gasteiger partial charge in [-0.05, 0) is 6.92 Å². The first kappa shape index (κ1) is 7.50. The first-order valence-electron chi connectivity index (χ1n) is 2.24. The first-order valence-corrected chi connectivity index (χ1v) is 2.68. The lowest BCUT2D eigenvalue weighted by atomic mass is 10.4. The molecule has 0 saturated carbocycles. The SMILES string of the molecule is CC=CC(Cl)C(N)=O. The highest BCUT2D eigenvalue weighted by molar-refractivity contribution is 6.31. The van der Waals surface area contributed by atoms with Gasteiger partial charge in [-0.1, -0.05) is 12.2 Å². The van der Waals surface area contributed by atoms with Gasteiger partial charge < -0.3 is 5.73 Å². The molecule has 0 aromatic rings. The number of nitrogens with two attached hydrogens (primary N) is 1. The molecule has 1 unspecified atom stereocenters. The second kappa shape index (κ2) is 3.50. The molecule has 0 radical (unpaired) electrons. The molecule has 1 amide bonds. The molecule has 46 valence electrons. The van der Waals surface area contributed by atoms with Crippen LogP contribution in [0.1, 0.15) is 6.92 Å². The smallest absolute Gasteiger partial charge is 0.239 e. The number of carbonyl (C=O) groups is 1. The van der Waals surface area contributed by atoms with Gasteiger partial charge in [-0.3, -0.25) is 4.79 Å². The summed E-state index contributed by atoms with van der Waals surface area (Å²) in [7, 11) is 0. The van der Waals surface area contributed by atoms with Gasteiger partial charge in [0.1, 0.15) is 5.38 Å². The predicted molar refractivity (Wildman–Crippen MR) is 33.6 cm³/mol. The molecule has 0 aliphatic rings. The fourth-order valence-electron chi connectivity index (χ4n) is 0.264. The van der Waals surface area contributed by atoms with E-state index >= 15 is 0 Å². The van der Waals surface area contributed by atoms with Crippen LogP contribution in [0.2, 0.25) is 0 Å². The number of alkyl halides is 1. The summed E-state index contributed by atoms with van der Waals surface area (Å²) in [5.74, 6) is -0.509. The van der Waals surface area contributed by atoms with Crippen molar-refractivity contribution < 1.29 is 4.79 Å². The van der Waals surface area contributed by atoms with Gasteiger partial charge in [-0.25, -0.2) is 0 Å². The molecular formula is C5H8ClNO. The number of hydrogen-bond donors (Lipinski definition) is 1. The minimum Gasteiger partial charge on any atom is -0.368 e. The Hall–Kier alpha value is -0.500. The van der Waals surface area contributed by atoms with Gasteiger partial charge in [0.15, 0.2) is 0 Å². The van der Waals surface area contributed by atoms with Crippen molar-refractivity contribution in [3.8, 4) is 0 Å². The van der Waals surface area contributed by atoms with E-state index in [2.05, 4.69) is 0 Å². The monoisotopic (exact) mass is 133 g/mol. The molecule has 2 N–H and O–H groups in total. The van der Waals surface area contributed by atoms with Gasteiger partial charge in [0, 0.05) is 0 Å². The fraction of sp³-hybridized carbons (Fsp3) is 0.400. The van der Waals surface area contributed by atoms with E-state index in [9.17, 15) is 4.79 Å². The second-order valence-corrected chi connectivity index (χ2v) is 1.80. The molecule has 0 fully saturated rings. The average molecular weight is 134 g/mol. The number of allylic oxidation sites excluding steroid dienone is 1. The Labute approximate surface area is 53.3 Å². The quantitative estimate of drug-likeness (QED) is 0.436. The summed E-state index contributed by atoms with van der Waals surface area (Å²) in [5, 5.41) is -0.653. The van der Waals surface area contributed by atoms with Crippen LogP contribution < -0.4 is 5.73 Å². The zero-order valence-corrected chi connectivity index (χ0v) is 5.35. The van der Waals surface area contributed by atoms with E-state index in [1.165, 1.54) is 6.08 Å². The lowest BCUT2D eigenvalue weighted by Gasteiger charge is -1.92. The molecule has 0 rings (SSSR count). The molecule has 0 spiro atoms. The molecule has 0 aromatic heterocycles. The fourth-order valence-corrected chi connectivity index (χ4v) is 0.409. The zero-order valence-electron chi connectivity index (χ0n) is 4.60. The van der Waals surface area contributed by atoms with Crippen molar-refractivity contribution in [1.82, 2.24) is 0 Å². The maximum Gasteiger partial charge on any atom is 0.239 e. The summed E-state index contributed by atoms with van der Waals surface area (Å²) in [4.78, 5) is 10.1. The molecule has 0 saturated heterocycles. The Morgan fingerprint density at radius 3 is 2.50 bits per heavy atom. The Morgan fingerprint density at radius 2 is 2.38 bits per heavy atom. The largest absolute Gasteiger partial charge is 0.368 e. The van der Waals surface area contributed by atoms with Crippen LogP contribution in [-0.4, -0.2) is 11.3 Å². The van der Waals surface area contributed by atoms with Crippen LogP contribution in [0.4, 0.5) is 0 Å². The minimum atomic E-state index is -0.653. The van der Waals surface area contributed by atoms with Gasteiger partial charge in [0.05, 0.1) is 0 Å². The van der Waals surface area contributed by atoms with Crippen LogP contribution in [0.3, 0.4) is 0 Å². The third kappa shape index (κ3) is 2.64. The number of carbonyl (C=O) groups excluding carboxylic acids is 1. The third-order valence-corrected chi connectivity index (χ3v) is 0.994. The number of hydrogen-bond acceptors (Lipinski definition) is 1.